The first-order chi connectivity index (χ1) is 13.4. The van der Waals surface area contributed by atoms with Crippen LogP contribution in [-0.2, 0) is 17.8 Å². The Bertz CT molecular complexity index is 954. The maximum absolute atomic E-state index is 12.7. The number of benzene rings is 1. The Morgan fingerprint density at radius 1 is 1.25 bits per heavy atom. The molecule has 28 heavy (non-hydrogen) atoms. The highest BCUT2D eigenvalue weighted by molar-refractivity contribution is 8.00. The number of hydrogen-bond donors (Lipinski definition) is 1. The van der Waals surface area contributed by atoms with Crippen molar-refractivity contribution in [2.75, 3.05) is 0 Å². The quantitative estimate of drug-likeness (QED) is 0.422. The number of aryl methyl sites for hydroxylation is 1. The van der Waals surface area contributed by atoms with Crippen LogP contribution in [0.2, 0.25) is 5.02 Å². The van der Waals surface area contributed by atoms with Crippen molar-refractivity contribution in [3.63, 3.8) is 0 Å². The molecule has 1 unspecified atom stereocenters. The molecule has 0 saturated heterocycles. The maximum atomic E-state index is 12.7. The first-order valence-electron chi connectivity index (χ1n) is 8.63. The molecule has 0 aliphatic heterocycles. The normalized spacial score (nSPS) is 12.1. The van der Waals surface area contributed by atoms with E-state index >= 15 is 0 Å². The minimum atomic E-state index is -0.409. The van der Waals surface area contributed by atoms with Crippen LogP contribution in [0.5, 0.6) is 0 Å². The lowest BCUT2D eigenvalue weighted by Crippen LogP contribution is -2.16. The van der Waals surface area contributed by atoms with Gasteiger partial charge in [0.25, 0.3) is 0 Å². The van der Waals surface area contributed by atoms with Crippen molar-refractivity contribution in [1.82, 2.24) is 14.8 Å². The van der Waals surface area contributed by atoms with Crippen LogP contribution >= 0.6 is 23.4 Å². The van der Waals surface area contributed by atoms with Crippen LogP contribution in [0.15, 0.2) is 52.2 Å². The lowest BCUT2D eigenvalue weighted by atomic mass is 10.1. The average molecular weight is 419 g/mol. The smallest absolute Gasteiger partial charge is 0.217 e. The topological polar surface area (TPSA) is 104 Å². The average Bonchev–Trinajstić information content (AvgIpc) is 3.31. The van der Waals surface area contributed by atoms with Crippen molar-refractivity contribution in [2.24, 2.45) is 5.73 Å². The molecule has 0 spiro atoms. The van der Waals surface area contributed by atoms with Gasteiger partial charge in [-0.2, -0.15) is 0 Å². The van der Waals surface area contributed by atoms with E-state index in [1.165, 1.54) is 11.8 Å². The molecule has 7 nitrogen and oxygen atoms in total. The number of rotatable bonds is 9. The monoisotopic (exact) mass is 418 g/mol. The minimum absolute atomic E-state index is 0.0344. The number of nitrogens with two attached hydrogens (primary N) is 1. The van der Waals surface area contributed by atoms with Crippen LogP contribution in [0.1, 0.15) is 35.3 Å². The molecular weight excluding hydrogens is 400 g/mol. The Labute approximate surface area is 171 Å². The van der Waals surface area contributed by atoms with Crippen LogP contribution in [0.3, 0.4) is 0 Å². The fraction of sp³-hybridized carbons (Fsp3) is 0.263. The van der Waals surface area contributed by atoms with Crippen LogP contribution in [0.25, 0.3) is 0 Å². The molecule has 3 rings (SSSR count). The van der Waals surface area contributed by atoms with Gasteiger partial charge in [-0.15, -0.1) is 10.2 Å². The van der Waals surface area contributed by atoms with E-state index in [0.717, 1.165) is 5.76 Å². The third-order valence-corrected chi connectivity index (χ3v) is 5.40. The summed E-state index contributed by atoms with van der Waals surface area (Å²) >= 11 is 7.19. The Kier molecular flexibility index (Phi) is 6.53. The summed E-state index contributed by atoms with van der Waals surface area (Å²) in [7, 11) is 0. The van der Waals surface area contributed by atoms with Crippen molar-refractivity contribution in [2.45, 2.75) is 36.7 Å². The molecule has 0 bridgehead atoms. The van der Waals surface area contributed by atoms with Gasteiger partial charge in [0.1, 0.15) is 11.6 Å². The molecule has 0 radical (unpaired) electrons. The number of ketones is 1. The summed E-state index contributed by atoms with van der Waals surface area (Å²) in [6, 6.07) is 10.4. The zero-order chi connectivity index (χ0) is 20.1. The summed E-state index contributed by atoms with van der Waals surface area (Å²) in [5.74, 6) is 0.892. The van der Waals surface area contributed by atoms with Gasteiger partial charge >= 0.3 is 0 Å². The molecule has 0 aliphatic carbocycles. The van der Waals surface area contributed by atoms with Crippen LogP contribution in [0.4, 0.5) is 0 Å². The Balaban J connectivity index is 1.80. The lowest BCUT2D eigenvalue weighted by Gasteiger charge is -2.12. The summed E-state index contributed by atoms with van der Waals surface area (Å²) in [4.78, 5) is 23.9. The molecule has 2 heterocycles. The minimum Gasteiger partial charge on any atom is -0.467 e. The van der Waals surface area contributed by atoms with Gasteiger partial charge < -0.3 is 10.2 Å². The molecule has 0 saturated carbocycles. The third-order valence-electron chi connectivity index (χ3n) is 4.06. The van der Waals surface area contributed by atoms with Crippen molar-refractivity contribution in [3.8, 4) is 0 Å². The summed E-state index contributed by atoms with van der Waals surface area (Å²) in [5, 5.41) is 9.16. The van der Waals surface area contributed by atoms with E-state index in [1.807, 2.05) is 17.6 Å². The number of amides is 1. The predicted molar refractivity (Wildman–Crippen MR) is 106 cm³/mol. The first kappa shape index (κ1) is 20.2. The SMILES string of the molecule is CC(Sc1nnc(CCC(N)=O)n1Cc1ccco1)C(=O)c1ccc(Cl)cc1. The molecular formula is C19H19ClN4O3S. The highest BCUT2D eigenvalue weighted by atomic mass is 35.5. The number of halogens is 1. The van der Waals surface area contributed by atoms with Crippen molar-refractivity contribution >= 4 is 35.1 Å². The highest BCUT2D eigenvalue weighted by Crippen LogP contribution is 2.26. The zero-order valence-corrected chi connectivity index (χ0v) is 16.7. The number of carbonyl (C=O) groups is 2. The van der Waals surface area contributed by atoms with Gasteiger partial charge in [-0.25, -0.2) is 0 Å². The van der Waals surface area contributed by atoms with Crippen LogP contribution in [0, 0.1) is 0 Å². The molecule has 9 heteroatoms. The van der Waals surface area contributed by atoms with Crippen LogP contribution in [-0.4, -0.2) is 31.7 Å². The van der Waals surface area contributed by atoms with Gasteiger partial charge in [-0.3, -0.25) is 14.2 Å². The maximum Gasteiger partial charge on any atom is 0.217 e. The van der Waals surface area contributed by atoms with E-state index in [4.69, 9.17) is 21.8 Å². The fourth-order valence-electron chi connectivity index (χ4n) is 2.60. The Hall–Kier alpha value is -2.58. The number of nitrogens with zero attached hydrogens (tertiary/aromatic N) is 3. The van der Waals surface area contributed by atoms with Crippen molar-refractivity contribution in [3.05, 3.63) is 64.8 Å². The van der Waals surface area contributed by atoms with E-state index in [0.29, 0.717) is 34.5 Å². The second-order valence-electron chi connectivity index (χ2n) is 6.16. The number of aromatic nitrogens is 3. The summed E-state index contributed by atoms with van der Waals surface area (Å²) < 4.78 is 7.26. The number of carbonyl (C=O) groups excluding carboxylic acids is 2. The van der Waals surface area contributed by atoms with Crippen molar-refractivity contribution < 1.29 is 14.0 Å². The van der Waals surface area contributed by atoms with Gasteiger partial charge in [0.15, 0.2) is 10.9 Å². The molecule has 2 N–H and O–H groups in total. The molecule has 1 atom stereocenters. The van der Waals surface area contributed by atoms with E-state index in [1.54, 1.807) is 36.6 Å². The zero-order valence-electron chi connectivity index (χ0n) is 15.2. The summed E-state index contributed by atoms with van der Waals surface area (Å²) in [6.45, 7) is 2.22. The van der Waals surface area contributed by atoms with E-state index in [-0.39, 0.29) is 17.5 Å². The molecule has 1 amide bonds. The van der Waals surface area contributed by atoms with E-state index < -0.39 is 5.91 Å². The summed E-state index contributed by atoms with van der Waals surface area (Å²) in [6.07, 6.45) is 2.12. The van der Waals surface area contributed by atoms with Gasteiger partial charge in [-0.05, 0) is 43.3 Å². The first-order valence-corrected chi connectivity index (χ1v) is 9.89. The standard InChI is InChI=1S/C19H19ClN4O3S/c1-12(18(26)13-4-6-14(20)7-5-13)28-19-23-22-17(9-8-16(21)25)24(19)11-15-3-2-10-27-15/h2-7,10,12H,8-9,11H2,1H3,(H2,21,25). The molecule has 2 aromatic heterocycles. The number of primary amides is 1. The molecule has 0 aliphatic rings. The molecule has 0 fully saturated rings. The van der Waals surface area contributed by atoms with E-state index in [9.17, 15) is 9.59 Å². The number of Topliss-reactive ketones (excluding diaryl/α,β-unsaturated/α-hetero) is 1. The number of hydrogen-bond acceptors (Lipinski definition) is 6. The molecule has 3 aromatic rings. The molecule has 1 aromatic carbocycles. The van der Waals surface area contributed by atoms with Crippen LogP contribution < -0.4 is 5.73 Å². The van der Waals surface area contributed by atoms with Gasteiger partial charge in [0.2, 0.25) is 5.91 Å². The Morgan fingerprint density at radius 3 is 2.64 bits per heavy atom. The second-order valence-corrected chi connectivity index (χ2v) is 7.91. The van der Waals surface area contributed by atoms with Gasteiger partial charge in [-0.1, -0.05) is 23.4 Å². The predicted octanol–water partition coefficient (Wildman–Crippen LogP) is 3.35. The second kappa shape index (κ2) is 9.07. The summed E-state index contributed by atoms with van der Waals surface area (Å²) in [5.41, 5.74) is 5.83. The number of furan rings is 1. The van der Waals surface area contributed by atoms with E-state index in [2.05, 4.69) is 10.2 Å². The fourth-order valence-corrected chi connectivity index (χ4v) is 3.67. The molecule has 146 valence electrons. The third kappa shape index (κ3) is 5.02. The van der Waals surface area contributed by atoms with Crippen molar-refractivity contribution in [1.29, 1.82) is 0 Å². The van der Waals surface area contributed by atoms with Gasteiger partial charge in [0, 0.05) is 23.4 Å². The largest absolute Gasteiger partial charge is 0.467 e. The Morgan fingerprint density at radius 2 is 2.00 bits per heavy atom. The highest BCUT2D eigenvalue weighted by Gasteiger charge is 2.22. The van der Waals surface area contributed by atoms with Gasteiger partial charge in [0.05, 0.1) is 18.1 Å². The number of thioether (sulfide) groups is 1. The lowest BCUT2D eigenvalue weighted by molar-refractivity contribution is -0.118.